The summed E-state index contributed by atoms with van der Waals surface area (Å²) in [4.78, 5) is 40.4. The molecule has 0 radical (unpaired) electrons. The maximum Gasteiger partial charge on any atom is 0.328 e. The van der Waals surface area contributed by atoms with Crippen molar-refractivity contribution in [3.63, 3.8) is 0 Å². The van der Waals surface area contributed by atoms with E-state index in [2.05, 4.69) is 27.3 Å². The molecule has 0 spiro atoms. The Hall–Kier alpha value is -2.83. The van der Waals surface area contributed by atoms with Crippen LogP contribution in [0.5, 0.6) is 0 Å². The second-order valence-corrected chi connectivity index (χ2v) is 6.72. The third kappa shape index (κ3) is 3.87. The molecule has 0 aliphatic carbocycles. The zero-order chi connectivity index (χ0) is 18.7. The first kappa shape index (κ1) is 18.0. The van der Waals surface area contributed by atoms with Crippen molar-refractivity contribution >= 4 is 11.6 Å². The Morgan fingerprint density at radius 2 is 1.77 bits per heavy atom. The largest absolute Gasteiger partial charge is 0.372 e. The van der Waals surface area contributed by atoms with Gasteiger partial charge in [0.2, 0.25) is 0 Å². The Kier molecular flexibility index (Phi) is 5.25. The Morgan fingerprint density at radius 3 is 2.38 bits per heavy atom. The molecule has 1 aromatic heterocycles. The van der Waals surface area contributed by atoms with Crippen molar-refractivity contribution in [2.24, 2.45) is 7.05 Å². The number of nitrogens with one attached hydrogen (secondary N) is 2. The minimum Gasteiger partial charge on any atom is -0.372 e. The molecule has 0 bridgehead atoms. The highest BCUT2D eigenvalue weighted by molar-refractivity contribution is 5.92. The summed E-state index contributed by atoms with van der Waals surface area (Å²) in [5, 5.41) is 2.81. The average molecular weight is 356 g/mol. The lowest BCUT2D eigenvalue weighted by Gasteiger charge is -2.29. The molecular formula is C19H24N4O3. The lowest BCUT2D eigenvalue weighted by molar-refractivity contribution is 0.0934. The standard InChI is InChI=1S/C19H24N4O3/c1-13(20-18(25)16-12-17(24)22(2)19(26)21-16)14-6-8-15(9-7-14)23-10-4-3-5-11-23/h6-9,12-13H,3-5,10-11H2,1-2H3,(H,20,25)(H,21,26). The van der Waals surface area contributed by atoms with E-state index in [9.17, 15) is 14.4 Å². The lowest BCUT2D eigenvalue weighted by Crippen LogP contribution is -2.37. The number of carbonyl (C=O) groups is 1. The molecule has 1 amide bonds. The van der Waals surface area contributed by atoms with Gasteiger partial charge in [0.1, 0.15) is 5.69 Å². The summed E-state index contributed by atoms with van der Waals surface area (Å²) < 4.78 is 0.916. The molecule has 3 rings (SSSR count). The molecule has 1 atom stereocenters. The third-order valence-electron chi connectivity index (χ3n) is 4.85. The summed E-state index contributed by atoms with van der Waals surface area (Å²) in [6, 6.07) is 9.03. The smallest absolute Gasteiger partial charge is 0.328 e. The van der Waals surface area contributed by atoms with Gasteiger partial charge in [-0.15, -0.1) is 0 Å². The maximum atomic E-state index is 12.3. The molecule has 2 aromatic rings. The first-order chi connectivity index (χ1) is 12.5. The predicted octanol–water partition coefficient (Wildman–Crippen LogP) is 1.55. The van der Waals surface area contributed by atoms with Crippen LogP contribution in [0.25, 0.3) is 0 Å². The van der Waals surface area contributed by atoms with Gasteiger partial charge in [-0.3, -0.25) is 14.2 Å². The first-order valence-corrected chi connectivity index (χ1v) is 8.92. The normalized spacial score (nSPS) is 15.5. The van der Waals surface area contributed by atoms with E-state index in [0.29, 0.717) is 0 Å². The van der Waals surface area contributed by atoms with Crippen molar-refractivity contribution in [3.8, 4) is 0 Å². The van der Waals surface area contributed by atoms with Crippen molar-refractivity contribution in [1.82, 2.24) is 14.9 Å². The van der Waals surface area contributed by atoms with E-state index in [1.54, 1.807) is 0 Å². The highest BCUT2D eigenvalue weighted by Crippen LogP contribution is 2.22. The van der Waals surface area contributed by atoms with Crippen LogP contribution in [-0.2, 0) is 7.05 Å². The minimum atomic E-state index is -0.610. The molecule has 7 nitrogen and oxygen atoms in total. The number of aromatic amines is 1. The van der Waals surface area contributed by atoms with Gasteiger partial charge in [0, 0.05) is 31.9 Å². The molecule has 1 saturated heterocycles. The number of rotatable bonds is 4. The fourth-order valence-corrected chi connectivity index (χ4v) is 3.16. The molecule has 1 aliphatic rings. The van der Waals surface area contributed by atoms with E-state index in [1.165, 1.54) is 32.0 Å². The van der Waals surface area contributed by atoms with E-state index in [-0.39, 0.29) is 11.7 Å². The molecule has 1 aliphatic heterocycles. The monoisotopic (exact) mass is 356 g/mol. The Bertz CT molecular complexity index is 861. The van der Waals surface area contributed by atoms with Gasteiger partial charge in [0.05, 0.1) is 6.04 Å². The van der Waals surface area contributed by atoms with E-state index in [4.69, 9.17) is 0 Å². The number of anilines is 1. The molecule has 138 valence electrons. The lowest BCUT2D eigenvalue weighted by atomic mass is 10.1. The first-order valence-electron chi connectivity index (χ1n) is 8.92. The molecule has 2 N–H and O–H groups in total. The fourth-order valence-electron chi connectivity index (χ4n) is 3.16. The minimum absolute atomic E-state index is 0.0325. The number of hydrogen-bond donors (Lipinski definition) is 2. The second kappa shape index (κ2) is 7.59. The average Bonchev–Trinajstić information content (AvgIpc) is 2.66. The topological polar surface area (TPSA) is 87.2 Å². The van der Waals surface area contributed by atoms with E-state index >= 15 is 0 Å². The van der Waals surface area contributed by atoms with Gasteiger partial charge in [-0.05, 0) is 43.9 Å². The molecule has 1 aromatic carbocycles. The van der Waals surface area contributed by atoms with Gasteiger partial charge in [0.25, 0.3) is 11.5 Å². The van der Waals surface area contributed by atoms with Gasteiger partial charge < -0.3 is 15.2 Å². The molecule has 7 heteroatoms. The van der Waals surface area contributed by atoms with Crippen LogP contribution in [-0.4, -0.2) is 28.5 Å². The van der Waals surface area contributed by atoms with Crippen LogP contribution in [0.4, 0.5) is 5.69 Å². The second-order valence-electron chi connectivity index (χ2n) is 6.72. The third-order valence-corrected chi connectivity index (χ3v) is 4.85. The molecule has 2 heterocycles. The molecular weight excluding hydrogens is 332 g/mol. The number of amides is 1. The number of aromatic nitrogens is 2. The van der Waals surface area contributed by atoms with Crippen molar-refractivity contribution in [2.75, 3.05) is 18.0 Å². The Morgan fingerprint density at radius 1 is 1.12 bits per heavy atom. The number of hydrogen-bond acceptors (Lipinski definition) is 4. The van der Waals surface area contributed by atoms with Gasteiger partial charge in [-0.1, -0.05) is 12.1 Å². The SMILES string of the molecule is CC(NC(=O)c1cc(=O)n(C)c(=O)[nH]1)c1ccc(N2CCCCC2)cc1. The summed E-state index contributed by atoms with van der Waals surface area (Å²) >= 11 is 0. The van der Waals surface area contributed by atoms with Crippen LogP contribution >= 0.6 is 0 Å². The summed E-state index contributed by atoms with van der Waals surface area (Å²) in [6.07, 6.45) is 3.74. The summed E-state index contributed by atoms with van der Waals surface area (Å²) in [5.41, 5.74) is 1.00. The highest BCUT2D eigenvalue weighted by atomic mass is 16.2. The number of H-pyrrole nitrogens is 1. The molecule has 26 heavy (non-hydrogen) atoms. The molecule has 1 unspecified atom stereocenters. The van der Waals surface area contributed by atoms with E-state index in [1.807, 2.05) is 19.1 Å². The van der Waals surface area contributed by atoms with Gasteiger partial charge >= 0.3 is 5.69 Å². The van der Waals surface area contributed by atoms with Crippen LogP contribution in [0.3, 0.4) is 0 Å². The van der Waals surface area contributed by atoms with Crippen LogP contribution in [0.15, 0.2) is 39.9 Å². The van der Waals surface area contributed by atoms with Crippen LogP contribution < -0.4 is 21.5 Å². The number of nitrogens with zero attached hydrogens (tertiary/aromatic N) is 2. The number of benzene rings is 1. The Labute approximate surface area is 151 Å². The quantitative estimate of drug-likeness (QED) is 0.870. The predicted molar refractivity (Wildman–Crippen MR) is 101 cm³/mol. The Balaban J connectivity index is 1.69. The zero-order valence-corrected chi connectivity index (χ0v) is 15.1. The highest BCUT2D eigenvalue weighted by Gasteiger charge is 2.15. The maximum absolute atomic E-state index is 12.3. The van der Waals surface area contributed by atoms with Crippen LogP contribution in [0.2, 0.25) is 0 Å². The molecule has 0 saturated carbocycles. The van der Waals surface area contributed by atoms with Crippen LogP contribution in [0, 0.1) is 0 Å². The van der Waals surface area contributed by atoms with Crippen molar-refractivity contribution in [2.45, 2.75) is 32.2 Å². The van der Waals surface area contributed by atoms with E-state index in [0.717, 1.165) is 29.3 Å². The van der Waals surface area contributed by atoms with Crippen molar-refractivity contribution in [1.29, 1.82) is 0 Å². The van der Waals surface area contributed by atoms with Gasteiger partial charge in [-0.2, -0.15) is 0 Å². The van der Waals surface area contributed by atoms with Gasteiger partial charge in [0.15, 0.2) is 0 Å². The van der Waals surface area contributed by atoms with Gasteiger partial charge in [-0.25, -0.2) is 4.79 Å². The molecule has 1 fully saturated rings. The van der Waals surface area contributed by atoms with Crippen molar-refractivity contribution < 1.29 is 4.79 Å². The van der Waals surface area contributed by atoms with Crippen molar-refractivity contribution in [3.05, 3.63) is 62.4 Å². The summed E-state index contributed by atoms with van der Waals surface area (Å²) in [6.45, 7) is 4.04. The number of carbonyl (C=O) groups excluding carboxylic acids is 1. The fraction of sp³-hybridized carbons (Fsp3) is 0.421. The summed E-state index contributed by atoms with van der Waals surface area (Å²) in [5.74, 6) is -0.479. The zero-order valence-electron chi connectivity index (χ0n) is 15.1. The summed E-state index contributed by atoms with van der Waals surface area (Å²) in [7, 11) is 1.36. The van der Waals surface area contributed by atoms with E-state index < -0.39 is 17.2 Å². The van der Waals surface area contributed by atoms with Crippen LogP contribution in [0.1, 0.15) is 48.3 Å². The number of piperidine rings is 1.